The number of thioether (sulfide) groups is 1. The normalized spacial score (nSPS) is 13.2. The average molecular weight is 257 g/mol. The molecule has 4 heteroatoms. The summed E-state index contributed by atoms with van der Waals surface area (Å²) in [6.07, 6.45) is -0.562. The minimum Gasteiger partial charge on any atom is -0.457 e. The highest BCUT2D eigenvalue weighted by atomic mass is 35.5. The van der Waals surface area contributed by atoms with E-state index in [4.69, 9.17) is 16.0 Å². The maximum atomic E-state index is 9.89. The molecule has 2 rings (SSSR count). The first-order valence-corrected chi connectivity index (χ1v) is 6.69. The smallest absolute Gasteiger partial charge is 0.152 e. The lowest BCUT2D eigenvalue weighted by molar-refractivity contribution is 0.177. The molecule has 16 heavy (non-hydrogen) atoms. The van der Waals surface area contributed by atoms with E-state index in [-0.39, 0.29) is 0 Å². The fourth-order valence-corrected chi connectivity index (χ4v) is 2.37. The van der Waals surface area contributed by atoms with Crippen molar-refractivity contribution in [3.63, 3.8) is 0 Å². The Morgan fingerprint density at radius 1 is 1.50 bits per heavy atom. The van der Waals surface area contributed by atoms with Crippen LogP contribution in [-0.2, 0) is 0 Å². The van der Waals surface area contributed by atoms with E-state index in [9.17, 15) is 5.11 Å². The van der Waals surface area contributed by atoms with E-state index in [1.54, 1.807) is 17.8 Å². The van der Waals surface area contributed by atoms with Gasteiger partial charge in [0.25, 0.3) is 0 Å². The van der Waals surface area contributed by atoms with Crippen LogP contribution in [-0.4, -0.2) is 16.6 Å². The quantitative estimate of drug-likeness (QED) is 0.902. The van der Waals surface area contributed by atoms with Crippen LogP contribution in [0.15, 0.2) is 28.7 Å². The molecule has 0 aliphatic heterocycles. The molecule has 2 nitrogen and oxygen atoms in total. The Kier molecular flexibility index (Phi) is 3.79. The Labute approximate surface area is 104 Å². The van der Waals surface area contributed by atoms with Crippen molar-refractivity contribution < 1.29 is 9.52 Å². The molecule has 0 aliphatic rings. The highest BCUT2D eigenvalue weighted by Crippen LogP contribution is 2.30. The average Bonchev–Trinajstić information content (AvgIpc) is 2.71. The molecule has 1 atom stereocenters. The van der Waals surface area contributed by atoms with Crippen molar-refractivity contribution >= 4 is 34.3 Å². The summed E-state index contributed by atoms with van der Waals surface area (Å²) in [5, 5.41) is 11.4. The van der Waals surface area contributed by atoms with Gasteiger partial charge < -0.3 is 9.52 Å². The zero-order valence-corrected chi connectivity index (χ0v) is 10.5. The minimum atomic E-state index is -0.562. The first kappa shape index (κ1) is 11.8. The highest BCUT2D eigenvalue weighted by Gasteiger charge is 2.14. The van der Waals surface area contributed by atoms with Crippen molar-refractivity contribution in [3.8, 4) is 0 Å². The van der Waals surface area contributed by atoms with Gasteiger partial charge >= 0.3 is 0 Å². The predicted octanol–water partition coefficient (Wildman–Crippen LogP) is 3.87. The first-order chi connectivity index (χ1) is 7.72. The molecule has 0 bridgehead atoms. The molecule has 1 N–H and O–H groups in total. The maximum absolute atomic E-state index is 9.89. The van der Waals surface area contributed by atoms with Gasteiger partial charge in [-0.15, -0.1) is 0 Å². The van der Waals surface area contributed by atoms with Gasteiger partial charge in [0.05, 0.1) is 5.02 Å². The summed E-state index contributed by atoms with van der Waals surface area (Å²) in [7, 11) is 0. The van der Waals surface area contributed by atoms with E-state index < -0.39 is 6.10 Å². The Morgan fingerprint density at radius 2 is 2.31 bits per heavy atom. The third kappa shape index (κ3) is 2.37. The number of benzene rings is 1. The molecule has 86 valence electrons. The van der Waals surface area contributed by atoms with Crippen LogP contribution in [0.3, 0.4) is 0 Å². The molecule has 0 spiro atoms. The maximum Gasteiger partial charge on any atom is 0.152 e. The molecule has 0 saturated carbocycles. The van der Waals surface area contributed by atoms with Gasteiger partial charge in [-0.05, 0) is 17.9 Å². The van der Waals surface area contributed by atoms with Crippen LogP contribution in [0.25, 0.3) is 11.0 Å². The fraction of sp³-hybridized carbons (Fsp3) is 0.333. The number of aliphatic hydroxyl groups excluding tert-OH is 1. The molecule has 0 fully saturated rings. The number of aliphatic hydroxyl groups is 1. The number of para-hydroxylation sites is 1. The molecule has 1 aromatic carbocycles. The van der Waals surface area contributed by atoms with Crippen molar-refractivity contribution in [2.75, 3.05) is 11.5 Å². The lowest BCUT2D eigenvalue weighted by atomic mass is 10.2. The molecule has 1 aromatic heterocycles. The third-order valence-electron chi connectivity index (χ3n) is 2.32. The summed E-state index contributed by atoms with van der Waals surface area (Å²) >= 11 is 7.68. The monoisotopic (exact) mass is 256 g/mol. The van der Waals surface area contributed by atoms with Gasteiger partial charge in [-0.25, -0.2) is 0 Å². The number of hydrogen-bond acceptors (Lipinski definition) is 3. The lowest BCUT2D eigenvalue weighted by Crippen LogP contribution is -1.98. The Balaban J connectivity index is 2.29. The van der Waals surface area contributed by atoms with Gasteiger partial charge in [0.1, 0.15) is 11.9 Å². The van der Waals surface area contributed by atoms with E-state index >= 15 is 0 Å². The molecule has 1 heterocycles. The van der Waals surface area contributed by atoms with Gasteiger partial charge in [0.2, 0.25) is 0 Å². The largest absolute Gasteiger partial charge is 0.457 e. The Hall–Kier alpha value is -0.640. The van der Waals surface area contributed by atoms with Crippen LogP contribution >= 0.6 is 23.4 Å². The lowest BCUT2D eigenvalue weighted by Gasteiger charge is -2.05. The van der Waals surface area contributed by atoms with Crippen LogP contribution < -0.4 is 0 Å². The number of furan rings is 1. The van der Waals surface area contributed by atoms with Crippen molar-refractivity contribution in [2.45, 2.75) is 13.0 Å². The van der Waals surface area contributed by atoms with Crippen LogP contribution in [0, 0.1) is 0 Å². The SMILES string of the molecule is CCSCC(O)c1cc2cccc(Cl)c2o1. The van der Waals surface area contributed by atoms with Crippen molar-refractivity contribution in [1.82, 2.24) is 0 Å². The molecule has 0 aliphatic carbocycles. The van der Waals surface area contributed by atoms with Crippen LogP contribution in [0.4, 0.5) is 0 Å². The highest BCUT2D eigenvalue weighted by molar-refractivity contribution is 7.99. The summed E-state index contributed by atoms with van der Waals surface area (Å²) in [4.78, 5) is 0. The van der Waals surface area contributed by atoms with Crippen LogP contribution in [0.1, 0.15) is 18.8 Å². The molecule has 0 saturated heterocycles. The van der Waals surface area contributed by atoms with Crippen molar-refractivity contribution in [1.29, 1.82) is 0 Å². The Morgan fingerprint density at radius 3 is 3.00 bits per heavy atom. The van der Waals surface area contributed by atoms with Crippen molar-refractivity contribution in [2.24, 2.45) is 0 Å². The standard InChI is InChI=1S/C12H13ClO2S/c1-2-16-7-10(14)11-6-8-4-3-5-9(13)12(8)15-11/h3-6,10,14H,2,7H2,1H3. The molecule has 0 amide bonds. The van der Waals surface area contributed by atoms with Gasteiger partial charge in [0, 0.05) is 11.1 Å². The zero-order chi connectivity index (χ0) is 11.5. The van der Waals surface area contributed by atoms with E-state index in [0.717, 1.165) is 11.1 Å². The van der Waals surface area contributed by atoms with Crippen LogP contribution in [0.5, 0.6) is 0 Å². The topological polar surface area (TPSA) is 33.4 Å². The number of halogens is 1. The molecule has 1 unspecified atom stereocenters. The fourth-order valence-electron chi connectivity index (χ4n) is 1.52. The summed E-state index contributed by atoms with van der Waals surface area (Å²) in [5.74, 6) is 2.22. The van der Waals surface area contributed by atoms with E-state index in [1.807, 2.05) is 18.2 Å². The van der Waals surface area contributed by atoms with E-state index in [0.29, 0.717) is 22.1 Å². The molecular formula is C12H13ClO2S. The summed E-state index contributed by atoms with van der Waals surface area (Å²) < 4.78 is 5.56. The number of fused-ring (bicyclic) bond motifs is 1. The zero-order valence-electron chi connectivity index (χ0n) is 8.94. The summed E-state index contributed by atoms with van der Waals surface area (Å²) in [6, 6.07) is 7.43. The molecule has 0 radical (unpaired) electrons. The van der Waals surface area contributed by atoms with Gasteiger partial charge in [0.15, 0.2) is 5.58 Å². The van der Waals surface area contributed by atoms with Gasteiger partial charge in [-0.2, -0.15) is 11.8 Å². The van der Waals surface area contributed by atoms with Crippen LogP contribution in [0.2, 0.25) is 5.02 Å². The van der Waals surface area contributed by atoms with E-state index in [1.165, 1.54) is 0 Å². The van der Waals surface area contributed by atoms with Gasteiger partial charge in [-0.3, -0.25) is 0 Å². The second-order valence-electron chi connectivity index (χ2n) is 3.48. The first-order valence-electron chi connectivity index (χ1n) is 5.16. The molecular weight excluding hydrogens is 244 g/mol. The van der Waals surface area contributed by atoms with Gasteiger partial charge in [-0.1, -0.05) is 30.7 Å². The Bertz CT molecular complexity index is 481. The van der Waals surface area contributed by atoms with E-state index in [2.05, 4.69) is 6.92 Å². The summed E-state index contributed by atoms with van der Waals surface area (Å²) in [6.45, 7) is 2.06. The minimum absolute atomic E-state index is 0.562. The molecule has 2 aromatic rings. The second-order valence-corrected chi connectivity index (χ2v) is 5.21. The van der Waals surface area contributed by atoms with Crippen molar-refractivity contribution in [3.05, 3.63) is 35.0 Å². The second kappa shape index (κ2) is 5.13. The number of hydrogen-bond donors (Lipinski definition) is 1. The predicted molar refractivity (Wildman–Crippen MR) is 69.2 cm³/mol. The third-order valence-corrected chi connectivity index (χ3v) is 3.58. The summed E-state index contributed by atoms with van der Waals surface area (Å²) in [5.41, 5.74) is 0.653. The number of rotatable bonds is 4.